The van der Waals surface area contributed by atoms with Crippen molar-refractivity contribution in [3.05, 3.63) is 95.1 Å². The molecular formula is C25H21F2NO4. The molecule has 32 heavy (non-hydrogen) atoms. The molecule has 7 heteroatoms. The maximum Gasteiger partial charge on any atom is 0.315 e. The lowest BCUT2D eigenvalue weighted by atomic mass is 9.89. The maximum atomic E-state index is 13.8. The molecule has 0 radical (unpaired) electrons. The Bertz CT molecular complexity index is 1130. The van der Waals surface area contributed by atoms with Crippen LogP contribution in [0.1, 0.15) is 34.9 Å². The third kappa shape index (κ3) is 4.11. The fraction of sp³-hybridized carbons (Fsp3) is 0.200. The fourth-order valence-electron chi connectivity index (χ4n) is 4.28. The number of halogens is 2. The van der Waals surface area contributed by atoms with Crippen molar-refractivity contribution in [1.29, 1.82) is 0 Å². The molecule has 3 aromatic rings. The number of ether oxygens (including phenoxy) is 1. The second kappa shape index (κ2) is 8.88. The summed E-state index contributed by atoms with van der Waals surface area (Å²) in [4.78, 5) is 24.2. The summed E-state index contributed by atoms with van der Waals surface area (Å²) in [6.45, 7) is 0.00677. The minimum atomic E-state index is -1.26. The molecule has 5 nitrogen and oxygen atoms in total. The second-order valence-corrected chi connectivity index (χ2v) is 7.77. The van der Waals surface area contributed by atoms with E-state index in [1.807, 2.05) is 48.5 Å². The zero-order valence-corrected chi connectivity index (χ0v) is 17.0. The first kappa shape index (κ1) is 21.6. The van der Waals surface area contributed by atoms with Crippen LogP contribution < -0.4 is 5.73 Å². The molecule has 1 unspecified atom stereocenters. The van der Waals surface area contributed by atoms with E-state index >= 15 is 0 Å². The second-order valence-electron chi connectivity index (χ2n) is 7.77. The normalized spacial score (nSPS) is 14.3. The Morgan fingerprint density at radius 3 is 2.09 bits per heavy atom. The van der Waals surface area contributed by atoms with Crippen LogP contribution in [-0.2, 0) is 14.3 Å². The number of hydrogen-bond acceptors (Lipinski definition) is 4. The molecule has 0 fully saturated rings. The molecule has 1 aliphatic carbocycles. The molecule has 0 saturated carbocycles. The van der Waals surface area contributed by atoms with Crippen molar-refractivity contribution in [2.45, 2.75) is 24.3 Å². The van der Waals surface area contributed by atoms with Gasteiger partial charge in [-0.1, -0.05) is 54.6 Å². The standard InChI is InChI=1S/C25H21F2NO4/c26-20-10-9-14(11-21(20)27)24(22(28)12-23(29)30)25(31)32-13-19-17-7-3-1-5-15(17)16-6-2-4-8-18(16)19/h1-11,19,22,24H,12-13,28H2,(H,29,30)/t22-,24?/m0/s1. The summed E-state index contributed by atoms with van der Waals surface area (Å²) < 4.78 is 32.8. The Labute approximate surface area is 183 Å². The van der Waals surface area contributed by atoms with Crippen LogP contribution in [0.2, 0.25) is 0 Å². The summed E-state index contributed by atoms with van der Waals surface area (Å²) in [5, 5.41) is 9.11. The predicted octanol–water partition coefficient (Wildman–Crippen LogP) is 4.21. The Morgan fingerprint density at radius 2 is 1.53 bits per heavy atom. The van der Waals surface area contributed by atoms with E-state index in [1.54, 1.807) is 0 Å². The van der Waals surface area contributed by atoms with Crippen LogP contribution in [0.4, 0.5) is 8.78 Å². The molecule has 0 spiro atoms. The van der Waals surface area contributed by atoms with Gasteiger partial charge in [0.15, 0.2) is 11.6 Å². The molecule has 3 N–H and O–H groups in total. The van der Waals surface area contributed by atoms with E-state index in [4.69, 9.17) is 15.6 Å². The van der Waals surface area contributed by atoms with E-state index in [2.05, 4.69) is 0 Å². The minimum absolute atomic E-state index is 0.00677. The first-order valence-electron chi connectivity index (χ1n) is 10.1. The average Bonchev–Trinajstić information content (AvgIpc) is 3.08. The number of aliphatic carboxylic acids is 1. The van der Waals surface area contributed by atoms with Crippen molar-refractivity contribution in [2.75, 3.05) is 6.61 Å². The molecule has 0 aliphatic heterocycles. The van der Waals surface area contributed by atoms with Crippen LogP contribution in [0.5, 0.6) is 0 Å². The van der Waals surface area contributed by atoms with Crippen molar-refractivity contribution < 1.29 is 28.2 Å². The maximum absolute atomic E-state index is 13.8. The molecule has 0 saturated heterocycles. The largest absolute Gasteiger partial charge is 0.481 e. The van der Waals surface area contributed by atoms with Crippen molar-refractivity contribution in [3.8, 4) is 11.1 Å². The van der Waals surface area contributed by atoms with Crippen LogP contribution in [0.3, 0.4) is 0 Å². The van der Waals surface area contributed by atoms with E-state index in [1.165, 1.54) is 6.07 Å². The lowest BCUT2D eigenvalue weighted by molar-refractivity contribution is -0.146. The number of benzene rings is 3. The summed E-state index contributed by atoms with van der Waals surface area (Å²) in [6, 6.07) is 17.4. The van der Waals surface area contributed by atoms with Crippen molar-refractivity contribution in [3.63, 3.8) is 0 Å². The van der Waals surface area contributed by atoms with Gasteiger partial charge in [-0.2, -0.15) is 0 Å². The van der Waals surface area contributed by atoms with Crippen LogP contribution in [0.25, 0.3) is 11.1 Å². The summed E-state index contributed by atoms with van der Waals surface area (Å²) >= 11 is 0. The molecule has 4 rings (SSSR count). The number of esters is 1. The number of fused-ring (bicyclic) bond motifs is 3. The van der Waals surface area contributed by atoms with Gasteiger partial charge in [-0.15, -0.1) is 0 Å². The van der Waals surface area contributed by atoms with Crippen LogP contribution in [0.15, 0.2) is 66.7 Å². The van der Waals surface area contributed by atoms with E-state index in [0.717, 1.165) is 34.4 Å². The molecule has 1 aliphatic rings. The van der Waals surface area contributed by atoms with E-state index in [-0.39, 0.29) is 18.1 Å². The molecular weight excluding hydrogens is 416 g/mol. The van der Waals surface area contributed by atoms with Gasteiger partial charge in [-0.3, -0.25) is 9.59 Å². The molecule has 0 aromatic heterocycles. The smallest absolute Gasteiger partial charge is 0.315 e. The minimum Gasteiger partial charge on any atom is -0.481 e. The number of rotatable bonds is 7. The average molecular weight is 437 g/mol. The highest BCUT2D eigenvalue weighted by molar-refractivity contribution is 5.82. The zero-order valence-electron chi connectivity index (χ0n) is 17.0. The molecule has 0 heterocycles. The van der Waals surface area contributed by atoms with Crippen LogP contribution in [-0.4, -0.2) is 29.7 Å². The van der Waals surface area contributed by atoms with Gasteiger partial charge in [0.1, 0.15) is 6.61 Å². The number of nitrogens with two attached hydrogens (primary N) is 1. The Morgan fingerprint density at radius 1 is 0.938 bits per heavy atom. The van der Waals surface area contributed by atoms with Gasteiger partial charge < -0.3 is 15.6 Å². The Kier molecular flexibility index (Phi) is 6.01. The predicted molar refractivity (Wildman–Crippen MR) is 114 cm³/mol. The van der Waals surface area contributed by atoms with E-state index in [9.17, 15) is 18.4 Å². The van der Waals surface area contributed by atoms with Crippen molar-refractivity contribution >= 4 is 11.9 Å². The third-order valence-corrected chi connectivity index (χ3v) is 5.75. The Hall–Kier alpha value is -3.58. The summed E-state index contributed by atoms with van der Waals surface area (Å²) in [6.07, 6.45) is -0.534. The number of carbonyl (C=O) groups excluding carboxylic acids is 1. The third-order valence-electron chi connectivity index (χ3n) is 5.75. The molecule has 0 amide bonds. The molecule has 0 bridgehead atoms. The lowest BCUT2D eigenvalue weighted by Gasteiger charge is -2.23. The topological polar surface area (TPSA) is 89.6 Å². The van der Waals surface area contributed by atoms with Gasteiger partial charge in [0, 0.05) is 12.0 Å². The van der Waals surface area contributed by atoms with Gasteiger partial charge in [0.2, 0.25) is 0 Å². The van der Waals surface area contributed by atoms with Gasteiger partial charge in [0.05, 0.1) is 12.3 Å². The fourth-order valence-corrected chi connectivity index (χ4v) is 4.28. The summed E-state index contributed by atoms with van der Waals surface area (Å²) in [5.74, 6) is -5.68. The molecule has 164 valence electrons. The van der Waals surface area contributed by atoms with E-state index in [0.29, 0.717) is 0 Å². The van der Waals surface area contributed by atoms with Gasteiger partial charge in [-0.05, 0) is 39.9 Å². The Balaban J connectivity index is 1.60. The number of carbonyl (C=O) groups is 2. The van der Waals surface area contributed by atoms with E-state index < -0.39 is 42.0 Å². The molecule has 3 aromatic carbocycles. The quantitative estimate of drug-likeness (QED) is 0.541. The van der Waals surface area contributed by atoms with Gasteiger partial charge in [0.25, 0.3) is 0 Å². The van der Waals surface area contributed by atoms with Crippen LogP contribution in [0, 0.1) is 11.6 Å². The van der Waals surface area contributed by atoms with Crippen LogP contribution >= 0.6 is 0 Å². The summed E-state index contributed by atoms with van der Waals surface area (Å²) in [5.41, 5.74) is 10.2. The zero-order chi connectivity index (χ0) is 22.8. The monoisotopic (exact) mass is 437 g/mol. The first-order valence-corrected chi connectivity index (χ1v) is 10.1. The van der Waals surface area contributed by atoms with Gasteiger partial charge >= 0.3 is 11.9 Å². The highest BCUT2D eigenvalue weighted by atomic mass is 19.2. The molecule has 2 atom stereocenters. The highest BCUT2D eigenvalue weighted by Gasteiger charge is 2.34. The number of hydrogen-bond donors (Lipinski definition) is 2. The number of carboxylic acids is 1. The van der Waals surface area contributed by atoms with Gasteiger partial charge in [-0.25, -0.2) is 8.78 Å². The van der Waals surface area contributed by atoms with Crippen molar-refractivity contribution in [1.82, 2.24) is 0 Å². The number of carboxylic acid groups (broad SMARTS) is 1. The summed E-state index contributed by atoms with van der Waals surface area (Å²) in [7, 11) is 0. The highest BCUT2D eigenvalue weighted by Crippen LogP contribution is 2.44. The van der Waals surface area contributed by atoms with Crippen molar-refractivity contribution in [2.24, 2.45) is 5.73 Å². The first-order chi connectivity index (χ1) is 15.4. The SMILES string of the molecule is N[C@@H](CC(=O)O)C(C(=O)OCC1c2ccccc2-c2ccccc21)c1ccc(F)c(F)c1. The lowest BCUT2D eigenvalue weighted by Crippen LogP contribution is -2.37.